The fourth-order valence-corrected chi connectivity index (χ4v) is 2.28. The fourth-order valence-electron chi connectivity index (χ4n) is 2.28. The highest BCUT2D eigenvalue weighted by atomic mass is 16.5. The van der Waals surface area contributed by atoms with E-state index in [0.717, 1.165) is 0 Å². The van der Waals surface area contributed by atoms with Gasteiger partial charge in [-0.2, -0.15) is 0 Å². The minimum absolute atomic E-state index is 0.158. The van der Waals surface area contributed by atoms with Crippen LogP contribution in [0.1, 0.15) is 45.0 Å². The first kappa shape index (κ1) is 21.5. The number of amides is 2. The van der Waals surface area contributed by atoms with Crippen molar-refractivity contribution in [3.8, 4) is 5.75 Å². The first-order valence-corrected chi connectivity index (χ1v) is 8.74. The summed E-state index contributed by atoms with van der Waals surface area (Å²) >= 11 is 0. The Morgan fingerprint density at radius 3 is 2.08 bits per heavy atom. The maximum absolute atomic E-state index is 12.5. The van der Waals surface area contributed by atoms with Crippen LogP contribution in [0, 0.1) is 11.8 Å². The van der Waals surface area contributed by atoms with Crippen molar-refractivity contribution < 1.29 is 24.2 Å². The van der Waals surface area contributed by atoms with E-state index in [2.05, 4.69) is 10.6 Å². The molecule has 1 aromatic rings. The highest BCUT2D eigenvalue weighted by Gasteiger charge is 2.28. The van der Waals surface area contributed by atoms with Crippen LogP contribution in [0.4, 0.5) is 0 Å². The number of nitrogens with one attached hydrogen (secondary N) is 2. The van der Waals surface area contributed by atoms with Crippen LogP contribution in [-0.2, 0) is 9.59 Å². The lowest BCUT2D eigenvalue weighted by molar-refractivity contribution is -0.142. The Hall–Kier alpha value is -2.57. The molecule has 0 radical (unpaired) electrons. The van der Waals surface area contributed by atoms with Gasteiger partial charge in [0.05, 0.1) is 12.5 Å². The Kier molecular flexibility index (Phi) is 8.09. The molecule has 26 heavy (non-hydrogen) atoms. The zero-order valence-corrected chi connectivity index (χ0v) is 15.9. The second kappa shape index (κ2) is 9.79. The molecule has 0 saturated heterocycles. The molecule has 0 aromatic heterocycles. The molecule has 0 fully saturated rings. The second-order valence-electron chi connectivity index (χ2n) is 6.58. The summed E-state index contributed by atoms with van der Waals surface area (Å²) in [5, 5.41) is 14.4. The Balaban J connectivity index is 2.79. The number of carbonyl (C=O) groups excluding carboxylic acids is 2. The van der Waals surface area contributed by atoms with Crippen LogP contribution in [0.3, 0.4) is 0 Å². The van der Waals surface area contributed by atoms with Gasteiger partial charge in [0.1, 0.15) is 11.8 Å². The lowest BCUT2D eigenvalue weighted by atomic mass is 10.00. The van der Waals surface area contributed by atoms with Crippen LogP contribution >= 0.6 is 0 Å². The molecule has 3 unspecified atom stereocenters. The summed E-state index contributed by atoms with van der Waals surface area (Å²) in [7, 11) is 0. The zero-order chi connectivity index (χ0) is 19.9. The Morgan fingerprint density at radius 1 is 1.04 bits per heavy atom. The minimum Gasteiger partial charge on any atom is -0.494 e. The molecule has 1 rings (SSSR count). The molecule has 0 aliphatic heterocycles. The molecule has 3 atom stereocenters. The van der Waals surface area contributed by atoms with Gasteiger partial charge in [-0.15, -0.1) is 0 Å². The van der Waals surface area contributed by atoms with E-state index >= 15 is 0 Å². The SMILES string of the molecule is CCOc1ccc(C(=O)NC(C(=O)NC(C)C(C)C(=O)O)C(C)C)cc1. The number of benzene rings is 1. The average Bonchev–Trinajstić information content (AvgIpc) is 2.59. The van der Waals surface area contributed by atoms with Crippen molar-refractivity contribution in [2.45, 2.75) is 46.7 Å². The number of carbonyl (C=O) groups is 3. The number of ether oxygens (including phenoxy) is 1. The van der Waals surface area contributed by atoms with Crippen LogP contribution < -0.4 is 15.4 Å². The van der Waals surface area contributed by atoms with Gasteiger partial charge in [-0.05, 0) is 51.0 Å². The third kappa shape index (κ3) is 6.06. The molecule has 0 heterocycles. The quantitative estimate of drug-likeness (QED) is 0.622. The number of carboxylic acids is 1. The molecule has 7 nitrogen and oxygen atoms in total. The van der Waals surface area contributed by atoms with Crippen molar-refractivity contribution in [1.82, 2.24) is 10.6 Å². The number of hydrogen-bond donors (Lipinski definition) is 3. The van der Waals surface area contributed by atoms with Crippen LogP contribution in [0.2, 0.25) is 0 Å². The molecule has 0 saturated carbocycles. The van der Waals surface area contributed by atoms with Crippen molar-refractivity contribution in [2.24, 2.45) is 11.8 Å². The van der Waals surface area contributed by atoms with E-state index in [9.17, 15) is 14.4 Å². The minimum atomic E-state index is -0.989. The van der Waals surface area contributed by atoms with Crippen LogP contribution in [0.25, 0.3) is 0 Å². The smallest absolute Gasteiger partial charge is 0.308 e. The molecular formula is C19H28N2O5. The number of rotatable bonds is 9. The molecule has 2 amide bonds. The summed E-state index contributed by atoms with van der Waals surface area (Å²) in [6, 6.07) is 5.33. The number of carboxylic acid groups (broad SMARTS) is 1. The Labute approximate surface area is 154 Å². The van der Waals surface area contributed by atoms with E-state index in [-0.39, 0.29) is 11.8 Å². The standard InChI is InChI=1S/C19H28N2O5/c1-6-26-15-9-7-14(8-10-15)17(22)21-16(11(2)3)18(23)20-13(5)12(4)19(24)25/h7-13,16H,6H2,1-5H3,(H,20,23)(H,21,22)(H,24,25). The molecule has 3 N–H and O–H groups in total. The molecule has 144 valence electrons. The highest BCUT2D eigenvalue weighted by molar-refractivity contribution is 5.97. The van der Waals surface area contributed by atoms with E-state index in [4.69, 9.17) is 9.84 Å². The average molecular weight is 364 g/mol. The van der Waals surface area contributed by atoms with Crippen LogP contribution in [0.5, 0.6) is 5.75 Å². The van der Waals surface area contributed by atoms with Gasteiger partial charge in [-0.25, -0.2) is 0 Å². The van der Waals surface area contributed by atoms with Gasteiger partial charge in [0.15, 0.2) is 0 Å². The molecule has 0 bridgehead atoms. The van der Waals surface area contributed by atoms with Gasteiger partial charge in [-0.1, -0.05) is 13.8 Å². The van der Waals surface area contributed by atoms with E-state index < -0.39 is 29.9 Å². The van der Waals surface area contributed by atoms with Gasteiger partial charge >= 0.3 is 5.97 Å². The summed E-state index contributed by atoms with van der Waals surface area (Å²) in [6.07, 6.45) is 0. The third-order valence-electron chi connectivity index (χ3n) is 4.17. The van der Waals surface area contributed by atoms with Gasteiger partial charge < -0.3 is 20.5 Å². The van der Waals surface area contributed by atoms with Crippen molar-refractivity contribution >= 4 is 17.8 Å². The Bertz CT molecular complexity index is 627. The van der Waals surface area contributed by atoms with Crippen molar-refractivity contribution in [3.05, 3.63) is 29.8 Å². The summed E-state index contributed by atoms with van der Waals surface area (Å²) in [5.41, 5.74) is 0.416. The summed E-state index contributed by atoms with van der Waals surface area (Å²) in [5.74, 6) is -1.99. The van der Waals surface area contributed by atoms with E-state index in [1.54, 1.807) is 31.2 Å². The lowest BCUT2D eigenvalue weighted by Gasteiger charge is -2.25. The van der Waals surface area contributed by atoms with Crippen molar-refractivity contribution in [1.29, 1.82) is 0 Å². The highest BCUT2D eigenvalue weighted by Crippen LogP contribution is 2.13. The Morgan fingerprint density at radius 2 is 1.62 bits per heavy atom. The summed E-state index contributed by atoms with van der Waals surface area (Å²) in [6.45, 7) is 9.19. The molecule has 0 spiro atoms. The van der Waals surface area contributed by atoms with Gasteiger partial charge in [0.2, 0.25) is 5.91 Å². The van der Waals surface area contributed by atoms with Gasteiger partial charge in [0.25, 0.3) is 5.91 Å². The second-order valence-corrected chi connectivity index (χ2v) is 6.58. The van der Waals surface area contributed by atoms with Crippen LogP contribution in [-0.4, -0.2) is 41.6 Å². The monoisotopic (exact) mass is 364 g/mol. The normalized spacial score (nSPS) is 14.2. The van der Waals surface area contributed by atoms with Gasteiger partial charge in [0, 0.05) is 11.6 Å². The fraction of sp³-hybridized carbons (Fsp3) is 0.526. The largest absolute Gasteiger partial charge is 0.494 e. The number of hydrogen-bond acceptors (Lipinski definition) is 4. The summed E-state index contributed by atoms with van der Waals surface area (Å²) < 4.78 is 5.34. The first-order valence-electron chi connectivity index (χ1n) is 8.74. The van der Waals surface area contributed by atoms with E-state index in [1.807, 2.05) is 20.8 Å². The van der Waals surface area contributed by atoms with Crippen molar-refractivity contribution in [2.75, 3.05) is 6.61 Å². The summed E-state index contributed by atoms with van der Waals surface area (Å²) in [4.78, 5) is 36.0. The predicted octanol–water partition coefficient (Wildman–Crippen LogP) is 2.07. The van der Waals surface area contributed by atoms with Crippen molar-refractivity contribution in [3.63, 3.8) is 0 Å². The predicted molar refractivity (Wildman–Crippen MR) is 98.1 cm³/mol. The van der Waals surface area contributed by atoms with Gasteiger partial charge in [-0.3, -0.25) is 14.4 Å². The third-order valence-corrected chi connectivity index (χ3v) is 4.17. The molecule has 0 aliphatic carbocycles. The zero-order valence-electron chi connectivity index (χ0n) is 15.9. The molecule has 0 aliphatic rings. The van der Waals surface area contributed by atoms with E-state index in [0.29, 0.717) is 17.9 Å². The molecule has 7 heteroatoms. The number of aliphatic carboxylic acids is 1. The topological polar surface area (TPSA) is 105 Å². The first-order chi connectivity index (χ1) is 12.2. The van der Waals surface area contributed by atoms with Crippen LogP contribution in [0.15, 0.2) is 24.3 Å². The maximum Gasteiger partial charge on any atom is 0.308 e. The molecular weight excluding hydrogens is 336 g/mol. The van der Waals surface area contributed by atoms with E-state index in [1.165, 1.54) is 6.92 Å². The lowest BCUT2D eigenvalue weighted by Crippen LogP contribution is -2.53. The molecule has 1 aromatic carbocycles. The maximum atomic E-state index is 12.5.